The number of rotatable bonds is 44. The van der Waals surface area contributed by atoms with Crippen LogP contribution in [-0.2, 0) is 4.79 Å². The first kappa shape index (κ1) is 47.7. The first-order valence-electron chi connectivity index (χ1n) is 23.3. The summed E-state index contributed by atoms with van der Waals surface area (Å²) < 4.78 is 0. The van der Waals surface area contributed by atoms with Crippen molar-refractivity contribution in [1.29, 1.82) is 0 Å². The fourth-order valence-electron chi connectivity index (χ4n) is 7.63. The quantitative estimate of drug-likeness (QED) is 0.0588. The largest absolute Gasteiger partial charge is 0.300 e. The third-order valence-corrected chi connectivity index (χ3v) is 11.1. The van der Waals surface area contributed by atoms with Crippen LogP contribution in [0.2, 0.25) is 0 Å². The van der Waals surface area contributed by atoms with Gasteiger partial charge in [0.1, 0.15) is 5.78 Å². The lowest BCUT2D eigenvalue weighted by atomic mass is 10.0. The molecule has 0 saturated heterocycles. The van der Waals surface area contributed by atoms with Crippen LogP contribution in [0.4, 0.5) is 0 Å². The van der Waals surface area contributed by atoms with Gasteiger partial charge in [-0.05, 0) is 12.8 Å². The van der Waals surface area contributed by atoms with Gasteiger partial charge in [-0.3, -0.25) is 4.79 Å². The lowest BCUT2D eigenvalue weighted by Gasteiger charge is -2.05. The smallest absolute Gasteiger partial charge is 0.132 e. The van der Waals surface area contributed by atoms with E-state index < -0.39 is 0 Å². The summed E-state index contributed by atoms with van der Waals surface area (Å²) in [4.78, 5) is 12.2. The minimum absolute atomic E-state index is 0.532. The van der Waals surface area contributed by atoms with E-state index in [0.717, 1.165) is 25.7 Å². The van der Waals surface area contributed by atoms with Gasteiger partial charge in [0.2, 0.25) is 0 Å². The van der Waals surface area contributed by atoms with Crippen LogP contribution in [0, 0.1) is 0 Å². The van der Waals surface area contributed by atoms with Crippen molar-refractivity contribution in [2.75, 3.05) is 0 Å². The van der Waals surface area contributed by atoms with Crippen molar-refractivity contribution >= 4 is 5.78 Å². The van der Waals surface area contributed by atoms with E-state index in [-0.39, 0.29) is 0 Å². The minimum Gasteiger partial charge on any atom is -0.300 e. The van der Waals surface area contributed by atoms with Gasteiger partial charge in [-0.1, -0.05) is 271 Å². The van der Waals surface area contributed by atoms with Gasteiger partial charge in [-0.15, -0.1) is 0 Å². The molecular weight excluding hydrogens is 581 g/mol. The summed E-state index contributed by atoms with van der Waals surface area (Å²) in [6.07, 6.45) is 61.3. The summed E-state index contributed by atoms with van der Waals surface area (Å²) in [7, 11) is 0. The minimum atomic E-state index is 0.532. The first-order valence-corrected chi connectivity index (χ1v) is 23.3. The molecule has 0 aromatic carbocycles. The van der Waals surface area contributed by atoms with Crippen molar-refractivity contribution in [3.8, 4) is 0 Å². The predicted octanol–water partition coefficient (Wildman–Crippen LogP) is 17.8. The van der Waals surface area contributed by atoms with Crippen LogP contribution in [0.3, 0.4) is 0 Å². The van der Waals surface area contributed by atoms with Crippen molar-refractivity contribution in [2.45, 2.75) is 296 Å². The van der Waals surface area contributed by atoms with Crippen molar-refractivity contribution in [1.82, 2.24) is 0 Å². The van der Waals surface area contributed by atoms with Crippen LogP contribution < -0.4 is 0 Å². The van der Waals surface area contributed by atoms with Gasteiger partial charge in [-0.25, -0.2) is 0 Å². The molecule has 1 nitrogen and oxygen atoms in total. The van der Waals surface area contributed by atoms with E-state index in [1.165, 1.54) is 257 Å². The van der Waals surface area contributed by atoms with Crippen LogP contribution >= 0.6 is 0 Å². The fourth-order valence-corrected chi connectivity index (χ4v) is 7.63. The highest BCUT2D eigenvalue weighted by Gasteiger charge is 2.03. The molecule has 0 aromatic rings. The molecule has 48 heavy (non-hydrogen) atoms. The van der Waals surface area contributed by atoms with Gasteiger partial charge in [0.25, 0.3) is 0 Å². The van der Waals surface area contributed by atoms with E-state index in [0.29, 0.717) is 5.78 Å². The molecule has 288 valence electrons. The van der Waals surface area contributed by atoms with Gasteiger partial charge < -0.3 is 0 Å². The Labute approximate surface area is 306 Å². The summed E-state index contributed by atoms with van der Waals surface area (Å²) in [5, 5.41) is 0. The molecule has 0 heterocycles. The molecule has 0 N–H and O–H groups in total. The molecule has 0 fully saturated rings. The van der Waals surface area contributed by atoms with E-state index in [4.69, 9.17) is 0 Å². The molecule has 0 bridgehead atoms. The molecule has 0 aliphatic rings. The third kappa shape index (κ3) is 43.7. The average Bonchev–Trinajstić information content (AvgIpc) is 3.09. The Hall–Kier alpha value is -0.330. The van der Waals surface area contributed by atoms with Crippen LogP contribution in [0.5, 0.6) is 0 Å². The molecule has 0 spiro atoms. The lowest BCUT2D eigenvalue weighted by molar-refractivity contribution is -0.119. The predicted molar refractivity (Wildman–Crippen MR) is 220 cm³/mol. The molecule has 0 atom stereocenters. The molecular formula is C47H94O. The number of hydrogen-bond donors (Lipinski definition) is 0. The molecule has 0 aliphatic heterocycles. The highest BCUT2D eigenvalue weighted by atomic mass is 16.1. The Morgan fingerprint density at radius 3 is 0.479 bits per heavy atom. The Morgan fingerprint density at radius 2 is 0.333 bits per heavy atom. The Balaban J connectivity index is 3.13. The van der Waals surface area contributed by atoms with E-state index in [1.54, 1.807) is 0 Å². The molecule has 0 aliphatic carbocycles. The average molecular weight is 675 g/mol. The van der Waals surface area contributed by atoms with Crippen LogP contribution in [0.25, 0.3) is 0 Å². The van der Waals surface area contributed by atoms with E-state index in [1.807, 2.05) is 0 Å². The zero-order valence-corrected chi connectivity index (χ0v) is 34.0. The first-order chi connectivity index (χ1) is 23.8. The monoisotopic (exact) mass is 675 g/mol. The second kappa shape index (κ2) is 44.7. The summed E-state index contributed by atoms with van der Waals surface area (Å²) in [6.45, 7) is 4.60. The maximum absolute atomic E-state index is 12.2. The Kier molecular flexibility index (Phi) is 44.4. The number of carbonyl (C=O) groups is 1. The topological polar surface area (TPSA) is 17.1 Å². The number of Topliss-reactive ketones (excluding diaryl/α,β-unsaturated/α-hetero) is 1. The highest BCUT2D eigenvalue weighted by molar-refractivity contribution is 5.78. The van der Waals surface area contributed by atoms with Gasteiger partial charge >= 0.3 is 0 Å². The third-order valence-electron chi connectivity index (χ3n) is 11.1. The summed E-state index contributed by atoms with van der Waals surface area (Å²) in [5.74, 6) is 0.532. The van der Waals surface area contributed by atoms with Crippen molar-refractivity contribution in [3.05, 3.63) is 0 Å². The second-order valence-electron chi connectivity index (χ2n) is 16.2. The van der Waals surface area contributed by atoms with Crippen molar-refractivity contribution in [3.63, 3.8) is 0 Å². The molecule has 1 heteroatoms. The van der Waals surface area contributed by atoms with Gasteiger partial charge in [-0.2, -0.15) is 0 Å². The highest BCUT2D eigenvalue weighted by Crippen LogP contribution is 2.17. The molecule has 0 unspecified atom stereocenters. The maximum atomic E-state index is 12.2. The Morgan fingerprint density at radius 1 is 0.208 bits per heavy atom. The number of hydrogen-bond acceptors (Lipinski definition) is 1. The summed E-state index contributed by atoms with van der Waals surface area (Å²) in [5.41, 5.74) is 0. The van der Waals surface area contributed by atoms with E-state index in [9.17, 15) is 4.79 Å². The van der Waals surface area contributed by atoms with Gasteiger partial charge in [0.05, 0.1) is 0 Å². The number of ketones is 1. The Bertz CT molecular complexity index is 567. The zero-order chi connectivity index (χ0) is 34.7. The standard InChI is InChI=1S/C47H94O/c1-3-5-7-9-11-13-15-17-19-21-22-23-24-25-26-27-28-29-30-32-34-36-38-40-42-44-46-47(48)45-43-41-39-37-35-33-31-20-18-16-14-12-10-8-6-4-2/h3-46H2,1-2H3. The molecule has 0 rings (SSSR count). The molecule has 0 aromatic heterocycles. The van der Waals surface area contributed by atoms with Crippen LogP contribution in [0.15, 0.2) is 0 Å². The van der Waals surface area contributed by atoms with Crippen molar-refractivity contribution in [2.24, 2.45) is 0 Å². The van der Waals surface area contributed by atoms with E-state index in [2.05, 4.69) is 13.8 Å². The summed E-state index contributed by atoms with van der Waals surface area (Å²) >= 11 is 0. The number of carbonyl (C=O) groups excluding carboxylic acids is 1. The molecule has 0 amide bonds. The second-order valence-corrected chi connectivity index (χ2v) is 16.2. The van der Waals surface area contributed by atoms with E-state index >= 15 is 0 Å². The molecule has 0 radical (unpaired) electrons. The number of unbranched alkanes of at least 4 members (excludes halogenated alkanes) is 40. The molecule has 0 saturated carbocycles. The van der Waals surface area contributed by atoms with Crippen LogP contribution in [-0.4, -0.2) is 5.78 Å². The SMILES string of the molecule is CCCCCCCCCCCCCCCCCCCCCCCCCCCCC(=O)CCCCCCCCCCCCCCCCCC. The van der Waals surface area contributed by atoms with Crippen LogP contribution in [0.1, 0.15) is 296 Å². The van der Waals surface area contributed by atoms with Gasteiger partial charge in [0, 0.05) is 12.8 Å². The van der Waals surface area contributed by atoms with Crippen molar-refractivity contribution < 1.29 is 4.79 Å². The van der Waals surface area contributed by atoms with Gasteiger partial charge in [0.15, 0.2) is 0 Å². The normalized spacial score (nSPS) is 11.5. The zero-order valence-electron chi connectivity index (χ0n) is 34.0. The lowest BCUT2D eigenvalue weighted by Crippen LogP contribution is -1.97. The maximum Gasteiger partial charge on any atom is 0.132 e. The summed E-state index contributed by atoms with van der Waals surface area (Å²) in [6, 6.07) is 0. The fraction of sp³-hybridized carbons (Fsp3) is 0.979.